The number of rotatable bonds is 6. The fraction of sp³-hybridized carbons (Fsp3) is 0.323. The molecule has 1 amide bonds. The van der Waals surface area contributed by atoms with Gasteiger partial charge in [0.05, 0.1) is 22.9 Å². The minimum absolute atomic E-state index is 0.0899. The highest BCUT2D eigenvalue weighted by atomic mass is 32.1. The van der Waals surface area contributed by atoms with Gasteiger partial charge in [0.25, 0.3) is 5.91 Å². The monoisotopic (exact) mass is 666 g/mol. The molecule has 2 aromatic carbocycles. The van der Waals surface area contributed by atoms with Gasteiger partial charge in [-0.25, -0.2) is 19.2 Å². The first-order valence-electron chi connectivity index (χ1n) is 14.9. The van der Waals surface area contributed by atoms with Gasteiger partial charge in [-0.05, 0) is 48.2 Å². The molecule has 242 valence electrons. The molecular weight excluding hydrogens is 640 g/mol. The van der Waals surface area contributed by atoms with Crippen molar-refractivity contribution in [3.05, 3.63) is 77.7 Å². The van der Waals surface area contributed by atoms with Gasteiger partial charge in [0, 0.05) is 67.3 Å². The summed E-state index contributed by atoms with van der Waals surface area (Å²) in [4.78, 5) is 41.3. The van der Waals surface area contributed by atoms with Crippen LogP contribution in [0.3, 0.4) is 0 Å². The molecule has 11 nitrogen and oxygen atoms in total. The highest BCUT2D eigenvalue weighted by Gasteiger charge is 2.48. The molecule has 0 radical (unpaired) electrons. The standard InChI is InChI=1S/C31H26F4N8O3S/c32-22-10-19(18-3-5-20(6-4-18)41-15-30(16-41)13-36-14-30)11-23-21(22)12-42(39-23)26(25-24-2-1-8-40(24)17-38-25)27(44)43(29-37-7-9-47-29)46-28(45)31(33,34)35/h3-7,9-12,17,26,36H,1-2,8,13-16H2. The number of carbonyl (C=O) groups is 2. The van der Waals surface area contributed by atoms with E-state index >= 15 is 4.39 Å². The van der Waals surface area contributed by atoms with Crippen LogP contribution in [0.25, 0.3) is 22.0 Å². The number of anilines is 2. The number of alkyl halides is 3. The Morgan fingerprint density at radius 2 is 1.87 bits per heavy atom. The van der Waals surface area contributed by atoms with E-state index in [-0.39, 0.29) is 26.8 Å². The van der Waals surface area contributed by atoms with E-state index in [0.29, 0.717) is 29.6 Å². The molecule has 2 fully saturated rings. The van der Waals surface area contributed by atoms with Gasteiger partial charge in [0.1, 0.15) is 5.82 Å². The third-order valence-corrected chi connectivity index (χ3v) is 9.70. The van der Waals surface area contributed by atoms with E-state index in [1.54, 1.807) is 6.07 Å². The summed E-state index contributed by atoms with van der Waals surface area (Å²) in [6, 6.07) is 9.38. The van der Waals surface area contributed by atoms with Crippen molar-refractivity contribution in [1.82, 2.24) is 29.6 Å². The summed E-state index contributed by atoms with van der Waals surface area (Å²) in [6.45, 7) is 4.69. The van der Waals surface area contributed by atoms with Gasteiger partial charge in [-0.3, -0.25) is 9.48 Å². The van der Waals surface area contributed by atoms with Crippen molar-refractivity contribution in [2.24, 2.45) is 5.41 Å². The van der Waals surface area contributed by atoms with Crippen LogP contribution in [0.1, 0.15) is 23.9 Å². The van der Waals surface area contributed by atoms with E-state index in [1.165, 1.54) is 30.2 Å². The Balaban J connectivity index is 1.16. The van der Waals surface area contributed by atoms with E-state index in [4.69, 9.17) is 0 Å². The number of hydrogen-bond acceptors (Lipinski definition) is 9. The maximum absolute atomic E-state index is 15.7. The Hall–Kier alpha value is -4.83. The number of aromatic nitrogens is 5. The number of hydroxylamine groups is 1. The van der Waals surface area contributed by atoms with Crippen molar-refractivity contribution in [1.29, 1.82) is 0 Å². The van der Waals surface area contributed by atoms with Gasteiger partial charge in [0.2, 0.25) is 5.13 Å². The van der Waals surface area contributed by atoms with Crippen molar-refractivity contribution in [3.63, 3.8) is 0 Å². The van der Waals surface area contributed by atoms with Crippen molar-refractivity contribution in [2.45, 2.75) is 31.6 Å². The van der Waals surface area contributed by atoms with Crippen LogP contribution in [0.5, 0.6) is 0 Å². The fourth-order valence-electron chi connectivity index (χ4n) is 6.54. The van der Waals surface area contributed by atoms with Crippen LogP contribution in [0, 0.1) is 11.2 Å². The number of carbonyl (C=O) groups excluding carboxylic acids is 2. The second-order valence-corrected chi connectivity index (χ2v) is 13.0. The van der Waals surface area contributed by atoms with E-state index in [1.807, 2.05) is 28.8 Å². The number of thiazole rings is 1. The highest BCUT2D eigenvalue weighted by molar-refractivity contribution is 7.13. The molecule has 3 aromatic heterocycles. The Morgan fingerprint density at radius 3 is 2.55 bits per heavy atom. The van der Waals surface area contributed by atoms with E-state index in [0.717, 1.165) is 59.9 Å². The lowest BCUT2D eigenvalue weighted by Gasteiger charge is -2.57. The Labute approximate surface area is 268 Å². The number of aryl methyl sites for hydroxylation is 1. The lowest BCUT2D eigenvalue weighted by molar-refractivity contribution is -0.201. The van der Waals surface area contributed by atoms with Crippen LogP contribution < -0.4 is 15.3 Å². The van der Waals surface area contributed by atoms with Crippen LogP contribution in [0.15, 0.2) is 60.5 Å². The molecule has 5 aromatic rings. The molecule has 0 bridgehead atoms. The van der Waals surface area contributed by atoms with Gasteiger partial charge in [-0.2, -0.15) is 18.3 Å². The summed E-state index contributed by atoms with van der Waals surface area (Å²) in [5, 5.41) is 9.28. The number of hydrogen-bond donors (Lipinski definition) is 1. The lowest BCUT2D eigenvalue weighted by Crippen LogP contribution is -2.71. The normalized spacial score (nSPS) is 17.3. The zero-order valence-electron chi connectivity index (χ0n) is 24.6. The summed E-state index contributed by atoms with van der Waals surface area (Å²) < 4.78 is 58.5. The molecule has 47 heavy (non-hydrogen) atoms. The van der Waals surface area contributed by atoms with E-state index in [9.17, 15) is 22.8 Å². The molecular formula is C31H26F4N8O3S. The van der Waals surface area contributed by atoms with Crippen LogP contribution in [-0.2, 0) is 27.4 Å². The van der Waals surface area contributed by atoms with Gasteiger partial charge in [-0.15, -0.1) is 16.4 Å². The molecule has 1 N–H and O–H groups in total. The summed E-state index contributed by atoms with van der Waals surface area (Å²) >= 11 is 0.794. The maximum atomic E-state index is 15.7. The zero-order valence-corrected chi connectivity index (χ0v) is 25.4. The first kappa shape index (κ1) is 29.6. The number of halogens is 4. The molecule has 3 aliphatic rings. The first-order chi connectivity index (χ1) is 22.6. The fourth-order valence-corrected chi connectivity index (χ4v) is 7.13. The second kappa shape index (κ2) is 10.9. The number of benzene rings is 2. The van der Waals surface area contributed by atoms with Crippen LogP contribution >= 0.6 is 11.3 Å². The average molecular weight is 667 g/mol. The molecule has 8 rings (SSSR count). The highest BCUT2D eigenvalue weighted by Crippen LogP contribution is 2.38. The summed E-state index contributed by atoms with van der Waals surface area (Å²) in [5.41, 5.74) is 3.87. The predicted molar refractivity (Wildman–Crippen MR) is 163 cm³/mol. The Bertz CT molecular complexity index is 2000. The summed E-state index contributed by atoms with van der Waals surface area (Å²) in [5.74, 6) is -4.31. The molecule has 1 atom stereocenters. The molecule has 6 heterocycles. The summed E-state index contributed by atoms with van der Waals surface area (Å²) in [6.07, 6.45) is 0.0125. The van der Waals surface area contributed by atoms with E-state index in [2.05, 4.69) is 30.1 Å². The first-order valence-corrected chi connectivity index (χ1v) is 15.8. The molecule has 0 saturated carbocycles. The van der Waals surface area contributed by atoms with Gasteiger partial charge in [-0.1, -0.05) is 12.1 Å². The van der Waals surface area contributed by atoms with Crippen molar-refractivity contribution in [2.75, 3.05) is 36.1 Å². The SMILES string of the molecule is O=C(C(c1ncn2c1CCC2)n1cc2c(F)cc(-c3ccc(N4CC5(CNC5)C4)cc3)cc2n1)N(OC(=O)C(F)(F)F)c1nccs1. The average Bonchev–Trinajstić information content (AvgIpc) is 3.81. The molecule has 2 saturated heterocycles. The van der Waals surface area contributed by atoms with Crippen molar-refractivity contribution in [3.8, 4) is 11.1 Å². The number of amides is 1. The Morgan fingerprint density at radius 1 is 1.09 bits per heavy atom. The Kier molecular flexibility index (Phi) is 6.84. The maximum Gasteiger partial charge on any atom is 0.493 e. The van der Waals surface area contributed by atoms with Gasteiger partial charge >= 0.3 is 12.1 Å². The topological polar surface area (TPSA) is 110 Å². The molecule has 0 aliphatic carbocycles. The lowest BCUT2D eigenvalue weighted by atomic mass is 9.74. The number of fused-ring (bicyclic) bond motifs is 2. The zero-order chi connectivity index (χ0) is 32.5. The minimum atomic E-state index is -5.38. The largest absolute Gasteiger partial charge is 0.493 e. The van der Waals surface area contributed by atoms with Crippen LogP contribution in [0.4, 0.5) is 28.4 Å². The van der Waals surface area contributed by atoms with Gasteiger partial charge < -0.3 is 19.6 Å². The smallest absolute Gasteiger partial charge is 0.370 e. The predicted octanol–water partition coefficient (Wildman–Crippen LogP) is 4.49. The molecule has 16 heteroatoms. The van der Waals surface area contributed by atoms with Gasteiger partial charge in [0.15, 0.2) is 6.04 Å². The number of nitrogens with one attached hydrogen (secondary N) is 1. The third kappa shape index (κ3) is 5.11. The minimum Gasteiger partial charge on any atom is -0.370 e. The number of nitrogens with zero attached hydrogens (tertiary/aromatic N) is 7. The van der Waals surface area contributed by atoms with E-state index < -0.39 is 29.9 Å². The van der Waals surface area contributed by atoms with Crippen molar-refractivity contribution >= 4 is 44.9 Å². The summed E-state index contributed by atoms with van der Waals surface area (Å²) in [7, 11) is 0. The second-order valence-electron chi connectivity index (χ2n) is 12.1. The molecule has 3 aliphatic heterocycles. The molecule has 1 spiro atoms. The quantitative estimate of drug-likeness (QED) is 0.209. The number of imidazole rings is 1. The van der Waals surface area contributed by atoms with Crippen molar-refractivity contribution < 1.29 is 32.0 Å². The third-order valence-electron chi connectivity index (χ3n) is 8.96. The van der Waals surface area contributed by atoms with Crippen LogP contribution in [0.2, 0.25) is 0 Å². The molecule has 1 unspecified atom stereocenters. The van der Waals surface area contributed by atoms with Crippen LogP contribution in [-0.4, -0.2) is 68.5 Å².